The van der Waals surface area contributed by atoms with E-state index in [0.717, 1.165) is 21.2 Å². The van der Waals surface area contributed by atoms with Crippen LogP contribution in [0.4, 0.5) is 10.2 Å². The largest absolute Gasteiger partial charge is 0.380 e. The molecule has 2 aromatic carbocycles. The first kappa shape index (κ1) is 13.8. The molecule has 3 rings (SSSR count). The van der Waals surface area contributed by atoms with E-state index in [2.05, 4.69) is 21.1 Å². The van der Waals surface area contributed by atoms with Crippen LogP contribution in [-0.4, -0.2) is 5.16 Å². The number of rotatable bonds is 2. The van der Waals surface area contributed by atoms with Gasteiger partial charge in [-0.15, -0.1) is 0 Å². The van der Waals surface area contributed by atoms with Crippen molar-refractivity contribution in [3.63, 3.8) is 0 Å². The Morgan fingerprint density at radius 1 is 1.14 bits per heavy atom. The Hall–Kier alpha value is -2.14. The predicted octanol–water partition coefficient (Wildman–Crippen LogP) is 4.80. The monoisotopic (exact) mass is 346 g/mol. The van der Waals surface area contributed by atoms with Crippen LogP contribution >= 0.6 is 15.9 Å². The fraction of sp³-hybridized carbons (Fsp3) is 0.0625. The molecule has 3 aromatic rings. The second kappa shape index (κ2) is 5.33. The highest BCUT2D eigenvalue weighted by Crippen LogP contribution is 2.40. The summed E-state index contributed by atoms with van der Waals surface area (Å²) < 4.78 is 19.4. The van der Waals surface area contributed by atoms with Crippen LogP contribution in [0.15, 0.2) is 51.5 Å². The Bertz CT molecular complexity index is 797. The number of nitrogens with zero attached hydrogens (tertiary/aromatic N) is 1. The molecule has 0 bridgehead atoms. The maximum atomic E-state index is 13.1. The third kappa shape index (κ3) is 2.45. The van der Waals surface area contributed by atoms with Crippen molar-refractivity contribution in [2.75, 3.05) is 5.73 Å². The van der Waals surface area contributed by atoms with E-state index in [1.807, 2.05) is 25.1 Å². The van der Waals surface area contributed by atoms with Crippen molar-refractivity contribution in [3.8, 4) is 22.5 Å². The van der Waals surface area contributed by atoms with Gasteiger partial charge in [-0.25, -0.2) is 4.39 Å². The first-order valence-electron chi connectivity index (χ1n) is 6.34. The number of aryl methyl sites for hydroxylation is 1. The minimum absolute atomic E-state index is 0.282. The summed E-state index contributed by atoms with van der Waals surface area (Å²) in [6.07, 6.45) is 0. The predicted molar refractivity (Wildman–Crippen MR) is 84.2 cm³/mol. The Labute approximate surface area is 129 Å². The van der Waals surface area contributed by atoms with E-state index in [0.29, 0.717) is 11.3 Å². The summed E-state index contributed by atoms with van der Waals surface area (Å²) in [5, 5.41) is 3.85. The van der Waals surface area contributed by atoms with E-state index >= 15 is 0 Å². The first-order valence-corrected chi connectivity index (χ1v) is 7.14. The fourth-order valence-electron chi connectivity index (χ4n) is 2.20. The van der Waals surface area contributed by atoms with Crippen molar-refractivity contribution >= 4 is 21.7 Å². The quantitative estimate of drug-likeness (QED) is 0.724. The molecule has 0 radical (unpaired) electrons. The summed E-state index contributed by atoms with van der Waals surface area (Å²) in [6.45, 7) is 1.99. The number of aromatic nitrogens is 1. The molecule has 2 N–H and O–H groups in total. The van der Waals surface area contributed by atoms with Gasteiger partial charge in [-0.1, -0.05) is 29.4 Å². The number of anilines is 1. The summed E-state index contributed by atoms with van der Waals surface area (Å²) in [4.78, 5) is 0. The van der Waals surface area contributed by atoms with Crippen LogP contribution in [0.5, 0.6) is 0 Å². The smallest absolute Gasteiger partial charge is 0.178 e. The van der Waals surface area contributed by atoms with Crippen molar-refractivity contribution < 1.29 is 8.91 Å². The van der Waals surface area contributed by atoms with E-state index in [9.17, 15) is 4.39 Å². The zero-order chi connectivity index (χ0) is 15.0. The Morgan fingerprint density at radius 2 is 1.86 bits per heavy atom. The Kier molecular flexibility index (Phi) is 3.51. The van der Waals surface area contributed by atoms with Crippen molar-refractivity contribution in [3.05, 3.63) is 58.3 Å². The zero-order valence-corrected chi connectivity index (χ0v) is 12.8. The van der Waals surface area contributed by atoms with Gasteiger partial charge < -0.3 is 10.3 Å². The van der Waals surface area contributed by atoms with Crippen molar-refractivity contribution in [1.29, 1.82) is 0 Å². The highest BCUT2D eigenvalue weighted by molar-refractivity contribution is 9.10. The molecule has 1 heterocycles. The maximum absolute atomic E-state index is 13.1. The molecule has 0 aliphatic carbocycles. The lowest BCUT2D eigenvalue weighted by atomic mass is 10.0. The van der Waals surface area contributed by atoms with Crippen LogP contribution in [-0.2, 0) is 0 Å². The molecule has 0 amide bonds. The molecule has 0 atom stereocenters. The number of benzene rings is 2. The number of hydrogen-bond acceptors (Lipinski definition) is 3. The highest BCUT2D eigenvalue weighted by atomic mass is 79.9. The molecule has 21 heavy (non-hydrogen) atoms. The van der Waals surface area contributed by atoms with Crippen LogP contribution in [0.2, 0.25) is 0 Å². The summed E-state index contributed by atoms with van der Waals surface area (Å²) in [7, 11) is 0. The summed E-state index contributed by atoms with van der Waals surface area (Å²) in [5.74, 6) is 0.548. The molecular weight excluding hydrogens is 335 g/mol. The summed E-state index contributed by atoms with van der Waals surface area (Å²) >= 11 is 3.56. The van der Waals surface area contributed by atoms with E-state index < -0.39 is 0 Å². The van der Waals surface area contributed by atoms with Gasteiger partial charge in [0.25, 0.3) is 0 Å². The van der Waals surface area contributed by atoms with Crippen molar-refractivity contribution in [1.82, 2.24) is 5.16 Å². The van der Waals surface area contributed by atoms with Gasteiger partial charge in [-0.05, 0) is 52.2 Å². The third-order valence-corrected chi connectivity index (χ3v) is 4.34. The van der Waals surface area contributed by atoms with Gasteiger partial charge in [0.05, 0.1) is 5.56 Å². The summed E-state index contributed by atoms with van der Waals surface area (Å²) in [6, 6.07) is 11.9. The van der Waals surface area contributed by atoms with Crippen LogP contribution in [0, 0.1) is 12.7 Å². The molecule has 3 nitrogen and oxygen atoms in total. The lowest BCUT2D eigenvalue weighted by molar-refractivity contribution is 0.436. The fourth-order valence-corrected chi connectivity index (χ4v) is 2.65. The first-order chi connectivity index (χ1) is 10.1. The molecule has 106 valence electrons. The van der Waals surface area contributed by atoms with Gasteiger partial charge in [0, 0.05) is 10.0 Å². The van der Waals surface area contributed by atoms with Crippen LogP contribution in [0.3, 0.4) is 0 Å². The number of nitrogen functional groups attached to an aromatic ring is 1. The second-order valence-corrected chi connectivity index (χ2v) is 5.51. The van der Waals surface area contributed by atoms with Crippen LogP contribution in [0.1, 0.15) is 5.56 Å². The SMILES string of the molecule is Cc1cccc(-c2onc(N)c2-c2ccc(F)cc2)c1Br. The highest BCUT2D eigenvalue weighted by Gasteiger charge is 2.20. The van der Waals surface area contributed by atoms with Gasteiger partial charge in [0.15, 0.2) is 11.6 Å². The number of hydrogen-bond donors (Lipinski definition) is 1. The van der Waals surface area contributed by atoms with E-state index in [1.54, 1.807) is 12.1 Å². The van der Waals surface area contributed by atoms with Gasteiger partial charge in [-0.2, -0.15) is 0 Å². The molecule has 5 heteroatoms. The zero-order valence-electron chi connectivity index (χ0n) is 11.2. The molecule has 0 aliphatic rings. The molecule has 0 aliphatic heterocycles. The lowest BCUT2D eigenvalue weighted by Gasteiger charge is -2.06. The van der Waals surface area contributed by atoms with Gasteiger partial charge >= 0.3 is 0 Å². The van der Waals surface area contributed by atoms with Gasteiger partial charge in [0.1, 0.15) is 5.82 Å². The van der Waals surface area contributed by atoms with Crippen LogP contribution in [0.25, 0.3) is 22.5 Å². The summed E-state index contributed by atoms with van der Waals surface area (Å²) in [5.41, 5.74) is 9.29. The normalized spacial score (nSPS) is 10.8. The van der Waals surface area contributed by atoms with Crippen LogP contribution < -0.4 is 5.73 Å². The molecule has 0 fully saturated rings. The molecule has 0 unspecified atom stereocenters. The van der Waals surface area contributed by atoms with Crippen molar-refractivity contribution in [2.45, 2.75) is 6.92 Å². The Morgan fingerprint density at radius 3 is 2.57 bits per heavy atom. The maximum Gasteiger partial charge on any atom is 0.178 e. The minimum atomic E-state index is -0.299. The molecule has 1 aromatic heterocycles. The Balaban J connectivity index is 2.22. The van der Waals surface area contributed by atoms with E-state index in [4.69, 9.17) is 10.3 Å². The lowest BCUT2D eigenvalue weighted by Crippen LogP contribution is -1.90. The third-order valence-electron chi connectivity index (χ3n) is 3.29. The molecular formula is C16H12BrFN2O. The average molecular weight is 347 g/mol. The number of halogens is 2. The minimum Gasteiger partial charge on any atom is -0.380 e. The van der Waals surface area contributed by atoms with Gasteiger partial charge in [-0.3, -0.25) is 0 Å². The molecule has 0 saturated heterocycles. The standard InChI is InChI=1S/C16H12BrFN2O/c1-9-3-2-4-12(14(9)17)15-13(16(19)20-21-15)10-5-7-11(18)8-6-10/h2-8H,1H3,(H2,19,20). The van der Waals surface area contributed by atoms with Crippen molar-refractivity contribution in [2.24, 2.45) is 0 Å². The molecule has 0 spiro atoms. The van der Waals surface area contributed by atoms with E-state index in [1.165, 1.54) is 12.1 Å². The van der Waals surface area contributed by atoms with E-state index in [-0.39, 0.29) is 11.6 Å². The van der Waals surface area contributed by atoms with Gasteiger partial charge in [0.2, 0.25) is 0 Å². The number of nitrogens with two attached hydrogens (primary N) is 1. The second-order valence-electron chi connectivity index (χ2n) is 4.72. The molecule has 0 saturated carbocycles. The topological polar surface area (TPSA) is 52.0 Å². The average Bonchev–Trinajstić information content (AvgIpc) is 2.85.